The number of benzene rings is 1. The summed E-state index contributed by atoms with van der Waals surface area (Å²) in [5.74, 6) is -1.29. The smallest absolute Gasteiger partial charge is 0.310 e. The van der Waals surface area contributed by atoms with E-state index in [-0.39, 0.29) is 18.9 Å². The predicted molar refractivity (Wildman–Crippen MR) is 92.1 cm³/mol. The topological polar surface area (TPSA) is 88.8 Å². The first-order valence-electron chi connectivity index (χ1n) is 7.87. The van der Waals surface area contributed by atoms with Crippen LogP contribution in [0.2, 0.25) is 0 Å². The number of likely N-dealkylation sites (N-methyl/N-ethyl adjacent to an activating group) is 1. The summed E-state index contributed by atoms with van der Waals surface area (Å²) < 4.78 is 10.4. The molecule has 2 rings (SSSR count). The van der Waals surface area contributed by atoms with Crippen LogP contribution >= 0.6 is 0 Å². The fraction of sp³-hybridized carbons (Fsp3) is 0.389. The summed E-state index contributed by atoms with van der Waals surface area (Å²) in [6.45, 7) is 3.43. The zero-order valence-electron chi connectivity index (χ0n) is 14.8. The molecule has 1 aromatic heterocycles. The SMILES string of the molecule is Cc1cc2occ(CC(=O)OCC(=O)NCC(=O)N(C)C)c2cc1C. The molecular weight excluding hydrogens is 324 g/mol. The summed E-state index contributed by atoms with van der Waals surface area (Å²) in [7, 11) is 3.18. The standard InChI is InChI=1S/C18H22N2O5/c1-11-5-14-13(9-24-15(14)6-12(11)2)7-18(23)25-10-16(21)19-8-17(22)20(3)4/h5-6,9H,7-8,10H2,1-4H3,(H,19,21). The van der Waals surface area contributed by atoms with Gasteiger partial charge >= 0.3 is 5.97 Å². The zero-order chi connectivity index (χ0) is 18.6. The number of rotatable bonds is 6. The maximum absolute atomic E-state index is 11.9. The van der Waals surface area contributed by atoms with E-state index in [0.29, 0.717) is 11.1 Å². The Morgan fingerprint density at radius 1 is 1.16 bits per heavy atom. The van der Waals surface area contributed by atoms with Gasteiger partial charge < -0.3 is 19.4 Å². The predicted octanol–water partition coefficient (Wildman–Crippen LogP) is 1.34. The molecule has 1 heterocycles. The molecule has 0 bridgehead atoms. The fourth-order valence-electron chi connectivity index (χ4n) is 2.21. The lowest BCUT2D eigenvalue weighted by molar-refractivity contribution is -0.148. The van der Waals surface area contributed by atoms with Crippen LogP contribution in [0.3, 0.4) is 0 Å². The van der Waals surface area contributed by atoms with Crippen LogP contribution in [0.5, 0.6) is 0 Å². The minimum Gasteiger partial charge on any atom is -0.464 e. The number of furan rings is 1. The van der Waals surface area contributed by atoms with Crippen molar-refractivity contribution in [2.45, 2.75) is 20.3 Å². The summed E-state index contributed by atoms with van der Waals surface area (Å²) in [6, 6.07) is 3.89. The van der Waals surface area contributed by atoms with Gasteiger partial charge in [0.05, 0.1) is 19.2 Å². The highest BCUT2D eigenvalue weighted by Gasteiger charge is 2.14. The van der Waals surface area contributed by atoms with Crippen molar-refractivity contribution in [1.29, 1.82) is 0 Å². The molecule has 1 aromatic carbocycles. The highest BCUT2D eigenvalue weighted by molar-refractivity contribution is 5.88. The van der Waals surface area contributed by atoms with E-state index in [2.05, 4.69) is 5.32 Å². The second kappa shape index (κ2) is 7.83. The van der Waals surface area contributed by atoms with E-state index in [0.717, 1.165) is 16.5 Å². The van der Waals surface area contributed by atoms with Crippen molar-refractivity contribution in [3.8, 4) is 0 Å². The van der Waals surface area contributed by atoms with Gasteiger partial charge in [-0.15, -0.1) is 0 Å². The lowest BCUT2D eigenvalue weighted by atomic mass is 10.0. The highest BCUT2D eigenvalue weighted by Crippen LogP contribution is 2.25. The molecular formula is C18H22N2O5. The summed E-state index contributed by atoms with van der Waals surface area (Å²) in [6.07, 6.45) is 1.54. The number of aryl methyl sites for hydroxylation is 2. The Morgan fingerprint density at radius 2 is 1.84 bits per heavy atom. The van der Waals surface area contributed by atoms with Crippen LogP contribution in [-0.2, 0) is 25.5 Å². The van der Waals surface area contributed by atoms with Gasteiger partial charge in [-0.2, -0.15) is 0 Å². The van der Waals surface area contributed by atoms with Gasteiger partial charge in [-0.25, -0.2) is 0 Å². The van der Waals surface area contributed by atoms with E-state index in [1.165, 1.54) is 11.2 Å². The van der Waals surface area contributed by atoms with Gasteiger partial charge in [0, 0.05) is 25.0 Å². The number of carbonyl (C=O) groups is 3. The number of nitrogens with one attached hydrogen (secondary N) is 1. The van der Waals surface area contributed by atoms with Crippen LogP contribution in [0.15, 0.2) is 22.8 Å². The van der Waals surface area contributed by atoms with Gasteiger partial charge in [0.1, 0.15) is 5.58 Å². The number of fused-ring (bicyclic) bond motifs is 1. The molecule has 0 spiro atoms. The first-order chi connectivity index (χ1) is 11.8. The van der Waals surface area contributed by atoms with E-state index < -0.39 is 18.5 Å². The van der Waals surface area contributed by atoms with Gasteiger partial charge in [-0.05, 0) is 37.1 Å². The van der Waals surface area contributed by atoms with Gasteiger partial charge in [-0.3, -0.25) is 14.4 Å². The monoisotopic (exact) mass is 346 g/mol. The van der Waals surface area contributed by atoms with Crippen molar-refractivity contribution in [2.24, 2.45) is 0 Å². The Morgan fingerprint density at radius 3 is 2.52 bits per heavy atom. The van der Waals surface area contributed by atoms with E-state index >= 15 is 0 Å². The summed E-state index contributed by atoms with van der Waals surface area (Å²) >= 11 is 0. The quantitative estimate of drug-likeness (QED) is 0.798. The maximum Gasteiger partial charge on any atom is 0.310 e. The third-order valence-electron chi connectivity index (χ3n) is 3.90. The average molecular weight is 346 g/mol. The Kier molecular flexibility index (Phi) is 5.80. The van der Waals surface area contributed by atoms with Crippen LogP contribution in [0.25, 0.3) is 11.0 Å². The lowest BCUT2D eigenvalue weighted by Crippen LogP contribution is -2.38. The number of hydrogen-bond acceptors (Lipinski definition) is 5. The van der Waals surface area contributed by atoms with E-state index in [1.54, 1.807) is 14.1 Å². The average Bonchev–Trinajstić information content (AvgIpc) is 2.92. The van der Waals surface area contributed by atoms with Crippen molar-refractivity contribution in [1.82, 2.24) is 10.2 Å². The summed E-state index contributed by atoms with van der Waals surface area (Å²) in [5.41, 5.74) is 3.64. The van der Waals surface area contributed by atoms with Gasteiger partial charge in [0.15, 0.2) is 6.61 Å². The molecule has 25 heavy (non-hydrogen) atoms. The van der Waals surface area contributed by atoms with Crippen LogP contribution in [-0.4, -0.2) is 49.9 Å². The van der Waals surface area contributed by atoms with Crippen LogP contribution in [0.4, 0.5) is 0 Å². The normalized spacial score (nSPS) is 10.6. The van der Waals surface area contributed by atoms with Crippen molar-refractivity contribution >= 4 is 28.8 Å². The molecule has 0 saturated heterocycles. The molecule has 0 fully saturated rings. The summed E-state index contributed by atoms with van der Waals surface area (Å²) in [4.78, 5) is 36.3. The molecule has 0 unspecified atom stereocenters. The number of nitrogens with zero attached hydrogens (tertiary/aromatic N) is 1. The third-order valence-corrected chi connectivity index (χ3v) is 3.90. The number of amides is 2. The number of esters is 1. The highest BCUT2D eigenvalue weighted by atomic mass is 16.5. The first kappa shape index (κ1) is 18.5. The van der Waals surface area contributed by atoms with Crippen molar-refractivity contribution in [3.05, 3.63) is 35.1 Å². The van der Waals surface area contributed by atoms with Gasteiger partial charge in [0.2, 0.25) is 5.91 Å². The Hall–Kier alpha value is -2.83. The van der Waals surface area contributed by atoms with Crippen LogP contribution in [0.1, 0.15) is 16.7 Å². The Bertz CT molecular complexity index is 807. The number of carbonyl (C=O) groups excluding carboxylic acids is 3. The largest absolute Gasteiger partial charge is 0.464 e. The van der Waals surface area contributed by atoms with Crippen molar-refractivity contribution in [3.63, 3.8) is 0 Å². The molecule has 0 radical (unpaired) electrons. The lowest BCUT2D eigenvalue weighted by Gasteiger charge is -2.11. The van der Waals surface area contributed by atoms with Crippen molar-refractivity contribution < 1.29 is 23.5 Å². The zero-order valence-corrected chi connectivity index (χ0v) is 14.8. The summed E-state index contributed by atoms with van der Waals surface area (Å²) in [5, 5.41) is 3.26. The van der Waals surface area contributed by atoms with Crippen molar-refractivity contribution in [2.75, 3.05) is 27.2 Å². The van der Waals surface area contributed by atoms with Crippen LogP contribution < -0.4 is 5.32 Å². The van der Waals surface area contributed by atoms with Gasteiger partial charge in [-0.1, -0.05) is 0 Å². The molecule has 7 heteroatoms. The molecule has 0 atom stereocenters. The van der Waals surface area contributed by atoms with E-state index in [4.69, 9.17) is 9.15 Å². The molecule has 0 aliphatic carbocycles. The second-order valence-corrected chi connectivity index (χ2v) is 6.10. The molecule has 2 amide bonds. The molecule has 0 aliphatic heterocycles. The minimum absolute atomic E-state index is 0.0133. The van der Waals surface area contributed by atoms with E-state index in [9.17, 15) is 14.4 Å². The molecule has 0 aliphatic rings. The fourth-order valence-corrected chi connectivity index (χ4v) is 2.21. The number of hydrogen-bond donors (Lipinski definition) is 1. The molecule has 1 N–H and O–H groups in total. The minimum atomic E-state index is -0.532. The molecule has 7 nitrogen and oxygen atoms in total. The molecule has 0 saturated carbocycles. The third kappa shape index (κ3) is 4.82. The Balaban J connectivity index is 1.87. The maximum atomic E-state index is 11.9. The molecule has 2 aromatic rings. The van der Waals surface area contributed by atoms with Gasteiger partial charge in [0.25, 0.3) is 5.91 Å². The Labute approximate surface area is 145 Å². The van der Waals surface area contributed by atoms with Crippen LogP contribution in [0, 0.1) is 13.8 Å². The second-order valence-electron chi connectivity index (χ2n) is 6.10. The first-order valence-corrected chi connectivity index (χ1v) is 7.87. The molecule has 134 valence electrons. The number of ether oxygens (including phenoxy) is 1. The van der Waals surface area contributed by atoms with E-state index in [1.807, 2.05) is 26.0 Å².